The summed E-state index contributed by atoms with van der Waals surface area (Å²) in [6.45, 7) is 1.84. The maximum absolute atomic E-state index is 9.66. The normalized spacial score (nSPS) is 16.9. The van der Waals surface area contributed by atoms with Crippen LogP contribution in [-0.2, 0) is 0 Å². The number of benzene rings is 1. The van der Waals surface area contributed by atoms with Crippen molar-refractivity contribution in [3.05, 3.63) is 29.8 Å². The van der Waals surface area contributed by atoms with E-state index in [9.17, 15) is 5.11 Å². The molecule has 0 radical (unpaired) electrons. The quantitative estimate of drug-likeness (QED) is 0.183. The largest absolute Gasteiger partial charge is 0.492 e. The fraction of sp³-hybridized carbons (Fsp3) is 0.500. The first-order chi connectivity index (χ1) is 9.70. The lowest BCUT2D eigenvalue weighted by Crippen LogP contribution is -2.31. The highest BCUT2D eigenvalue weighted by molar-refractivity contribution is 5.97. The van der Waals surface area contributed by atoms with E-state index in [-0.39, 0.29) is 11.9 Å². The van der Waals surface area contributed by atoms with Crippen LogP contribution in [0.25, 0.3) is 0 Å². The van der Waals surface area contributed by atoms with E-state index in [1.807, 2.05) is 0 Å². The molecule has 2 rings (SSSR count). The van der Waals surface area contributed by atoms with Crippen molar-refractivity contribution in [2.75, 3.05) is 19.7 Å². The molecule has 0 heterocycles. The summed E-state index contributed by atoms with van der Waals surface area (Å²) in [5.74, 6) is 1.30. The molecule has 20 heavy (non-hydrogen) atoms. The molecule has 1 aliphatic rings. The van der Waals surface area contributed by atoms with Gasteiger partial charge in [-0.05, 0) is 43.0 Å². The van der Waals surface area contributed by atoms with Gasteiger partial charge in [0, 0.05) is 18.7 Å². The van der Waals surface area contributed by atoms with Crippen LogP contribution in [0.3, 0.4) is 0 Å². The molecule has 1 aromatic carbocycles. The number of ether oxygens (including phenoxy) is 1. The lowest BCUT2D eigenvalue weighted by Gasteiger charge is -2.11. The molecule has 110 valence electrons. The Morgan fingerprint density at radius 1 is 1.40 bits per heavy atom. The molecule has 0 saturated heterocycles. The molecular weight excluding hydrogens is 258 g/mol. The fourth-order valence-corrected chi connectivity index (χ4v) is 1.92. The molecule has 1 atom stereocenters. The summed E-state index contributed by atoms with van der Waals surface area (Å²) >= 11 is 0. The zero-order valence-electron chi connectivity index (χ0n) is 11.3. The van der Waals surface area contributed by atoms with E-state index < -0.39 is 0 Å². The van der Waals surface area contributed by atoms with Crippen molar-refractivity contribution in [1.29, 1.82) is 0 Å². The van der Waals surface area contributed by atoms with E-state index in [2.05, 4.69) is 10.5 Å². The minimum Gasteiger partial charge on any atom is -0.492 e. The standard InChI is InChI=1S/C14H21N3O3/c15-14(17-19)11-3-5-12(6-4-11)20-8-7-16-9-13(18)10-1-2-10/h3-6,10,13,16,18-19H,1-2,7-9H2,(H2,15,17). The van der Waals surface area contributed by atoms with Gasteiger partial charge in [0.2, 0.25) is 0 Å². The van der Waals surface area contributed by atoms with Gasteiger partial charge in [-0.15, -0.1) is 0 Å². The summed E-state index contributed by atoms with van der Waals surface area (Å²) in [6, 6.07) is 7.00. The Hall–Kier alpha value is -1.79. The molecule has 6 heteroatoms. The predicted molar refractivity (Wildman–Crippen MR) is 76.0 cm³/mol. The van der Waals surface area contributed by atoms with Crippen LogP contribution >= 0.6 is 0 Å². The Morgan fingerprint density at radius 2 is 2.10 bits per heavy atom. The molecule has 6 nitrogen and oxygen atoms in total. The van der Waals surface area contributed by atoms with Crippen LogP contribution in [0.1, 0.15) is 18.4 Å². The van der Waals surface area contributed by atoms with Crippen LogP contribution in [0.5, 0.6) is 5.75 Å². The van der Waals surface area contributed by atoms with Crippen molar-refractivity contribution in [1.82, 2.24) is 5.32 Å². The van der Waals surface area contributed by atoms with Gasteiger partial charge in [0.25, 0.3) is 0 Å². The molecule has 0 bridgehead atoms. The summed E-state index contributed by atoms with van der Waals surface area (Å²) < 4.78 is 5.54. The zero-order valence-corrected chi connectivity index (χ0v) is 11.3. The third-order valence-electron chi connectivity index (χ3n) is 3.33. The van der Waals surface area contributed by atoms with Gasteiger partial charge in [0.05, 0.1) is 6.10 Å². The van der Waals surface area contributed by atoms with E-state index in [0.29, 0.717) is 31.2 Å². The van der Waals surface area contributed by atoms with Crippen LogP contribution in [0, 0.1) is 5.92 Å². The Kier molecular flexibility index (Phi) is 5.20. The molecule has 0 amide bonds. The smallest absolute Gasteiger partial charge is 0.170 e. The van der Waals surface area contributed by atoms with Crippen molar-refractivity contribution in [2.45, 2.75) is 18.9 Å². The lowest BCUT2D eigenvalue weighted by molar-refractivity contribution is 0.147. The van der Waals surface area contributed by atoms with E-state index in [1.54, 1.807) is 24.3 Å². The summed E-state index contributed by atoms with van der Waals surface area (Å²) in [5, 5.41) is 24.3. The third-order valence-corrected chi connectivity index (χ3v) is 3.33. The average Bonchev–Trinajstić information content (AvgIpc) is 3.31. The molecule has 1 aromatic rings. The van der Waals surface area contributed by atoms with Crippen molar-refractivity contribution in [3.63, 3.8) is 0 Å². The third kappa shape index (κ3) is 4.40. The maximum atomic E-state index is 9.66. The van der Waals surface area contributed by atoms with Crippen LogP contribution < -0.4 is 15.8 Å². The topological polar surface area (TPSA) is 100 Å². The van der Waals surface area contributed by atoms with Gasteiger partial charge in [-0.25, -0.2) is 0 Å². The minimum absolute atomic E-state index is 0.0762. The molecule has 0 aromatic heterocycles. The van der Waals surface area contributed by atoms with Gasteiger partial charge >= 0.3 is 0 Å². The summed E-state index contributed by atoms with van der Waals surface area (Å²) in [7, 11) is 0. The summed E-state index contributed by atoms with van der Waals surface area (Å²) in [5.41, 5.74) is 6.11. The second-order valence-electron chi connectivity index (χ2n) is 4.97. The van der Waals surface area contributed by atoms with Crippen LogP contribution in [0.2, 0.25) is 0 Å². The van der Waals surface area contributed by atoms with Gasteiger partial charge in [-0.1, -0.05) is 5.16 Å². The second kappa shape index (κ2) is 7.12. The van der Waals surface area contributed by atoms with Gasteiger partial charge in [-0.3, -0.25) is 0 Å². The van der Waals surface area contributed by atoms with Crippen molar-refractivity contribution >= 4 is 5.84 Å². The molecule has 1 unspecified atom stereocenters. The number of nitrogens with two attached hydrogens (primary N) is 1. The van der Waals surface area contributed by atoms with E-state index in [4.69, 9.17) is 15.7 Å². The first-order valence-electron chi connectivity index (χ1n) is 6.80. The number of oxime groups is 1. The predicted octanol–water partition coefficient (Wildman–Crippen LogP) is 0.520. The van der Waals surface area contributed by atoms with Gasteiger partial charge in [0.15, 0.2) is 5.84 Å². The van der Waals surface area contributed by atoms with Gasteiger partial charge in [-0.2, -0.15) is 0 Å². The number of aliphatic hydroxyl groups excluding tert-OH is 1. The highest BCUT2D eigenvalue weighted by atomic mass is 16.5. The van der Waals surface area contributed by atoms with E-state index in [0.717, 1.165) is 18.6 Å². The summed E-state index contributed by atoms with van der Waals surface area (Å²) in [6.07, 6.45) is 2.06. The van der Waals surface area contributed by atoms with Crippen molar-refractivity contribution in [2.24, 2.45) is 16.8 Å². The van der Waals surface area contributed by atoms with Gasteiger partial charge in [0.1, 0.15) is 12.4 Å². The fourth-order valence-electron chi connectivity index (χ4n) is 1.92. The maximum Gasteiger partial charge on any atom is 0.170 e. The van der Waals surface area contributed by atoms with E-state index >= 15 is 0 Å². The highest BCUT2D eigenvalue weighted by Crippen LogP contribution is 2.32. The van der Waals surface area contributed by atoms with Crippen molar-refractivity contribution < 1.29 is 15.1 Å². The molecule has 0 spiro atoms. The highest BCUT2D eigenvalue weighted by Gasteiger charge is 2.28. The zero-order chi connectivity index (χ0) is 14.4. The number of aliphatic hydroxyl groups is 1. The number of amidine groups is 1. The number of nitrogens with one attached hydrogen (secondary N) is 1. The Bertz CT molecular complexity index is 443. The Labute approximate surface area is 118 Å². The first kappa shape index (κ1) is 14.6. The van der Waals surface area contributed by atoms with Crippen LogP contribution in [0.4, 0.5) is 0 Å². The first-order valence-corrected chi connectivity index (χ1v) is 6.80. The monoisotopic (exact) mass is 279 g/mol. The Morgan fingerprint density at radius 3 is 2.70 bits per heavy atom. The second-order valence-corrected chi connectivity index (χ2v) is 4.97. The van der Waals surface area contributed by atoms with Crippen molar-refractivity contribution in [3.8, 4) is 5.75 Å². The number of nitrogens with zero attached hydrogens (tertiary/aromatic N) is 1. The lowest BCUT2D eigenvalue weighted by atomic mass is 10.2. The minimum atomic E-state index is -0.227. The van der Waals surface area contributed by atoms with Gasteiger partial charge < -0.3 is 26.1 Å². The van der Waals surface area contributed by atoms with Crippen LogP contribution in [0.15, 0.2) is 29.4 Å². The number of hydrogen-bond donors (Lipinski definition) is 4. The molecule has 0 aliphatic heterocycles. The number of rotatable bonds is 8. The van der Waals surface area contributed by atoms with E-state index in [1.165, 1.54) is 0 Å². The van der Waals surface area contributed by atoms with Crippen LogP contribution in [-0.4, -0.2) is 41.9 Å². The molecule has 5 N–H and O–H groups in total. The molecular formula is C14H21N3O3. The Balaban J connectivity index is 1.63. The number of hydrogen-bond acceptors (Lipinski definition) is 5. The summed E-state index contributed by atoms with van der Waals surface area (Å²) in [4.78, 5) is 0. The molecule has 1 fully saturated rings. The molecule has 1 saturated carbocycles. The molecule has 1 aliphatic carbocycles. The average molecular weight is 279 g/mol. The SMILES string of the molecule is NC(=NO)c1ccc(OCCNCC(O)C2CC2)cc1.